The quantitative estimate of drug-likeness (QED) is 0.494. The highest BCUT2D eigenvalue weighted by Crippen LogP contribution is 2.28. The predicted molar refractivity (Wildman–Crippen MR) is 127 cm³/mol. The summed E-state index contributed by atoms with van der Waals surface area (Å²) < 4.78 is 17.5. The Bertz CT molecular complexity index is 983. The Balaban J connectivity index is 0.000000195. The van der Waals surface area contributed by atoms with E-state index in [0.29, 0.717) is 12.5 Å². The minimum absolute atomic E-state index is 0.0616. The van der Waals surface area contributed by atoms with Crippen LogP contribution in [0.15, 0.2) is 78.9 Å². The Labute approximate surface area is 194 Å². The van der Waals surface area contributed by atoms with E-state index in [1.807, 2.05) is 12.1 Å². The van der Waals surface area contributed by atoms with Crippen LogP contribution in [0.4, 0.5) is 9.18 Å². The largest absolute Gasteiger partial charge is 0.412 e. The Morgan fingerprint density at radius 2 is 1.75 bits per heavy atom. The molecule has 1 amide bonds. The number of halogens is 2. The highest BCUT2D eigenvalue weighted by molar-refractivity contribution is 6.30. The number of carbonyl (C=O) groups is 1. The third-order valence-electron chi connectivity index (χ3n) is 5.22. The molecule has 0 spiro atoms. The molecule has 1 saturated heterocycles. The van der Waals surface area contributed by atoms with Crippen molar-refractivity contribution in [3.63, 3.8) is 0 Å². The van der Waals surface area contributed by atoms with Crippen molar-refractivity contribution >= 4 is 17.7 Å². The summed E-state index contributed by atoms with van der Waals surface area (Å²) >= 11 is 5.94. The molecule has 1 aliphatic rings. The summed E-state index contributed by atoms with van der Waals surface area (Å²) in [6, 6.07) is 24.8. The first kappa shape index (κ1) is 23.8. The van der Waals surface area contributed by atoms with E-state index in [2.05, 4.69) is 57.4 Å². The molecule has 4 nitrogen and oxygen atoms in total. The van der Waals surface area contributed by atoms with Crippen LogP contribution >= 0.6 is 11.6 Å². The van der Waals surface area contributed by atoms with Crippen LogP contribution in [-0.2, 0) is 6.54 Å². The number of nitrogens with zero attached hydrogens (tertiary/aromatic N) is 1. The van der Waals surface area contributed by atoms with Crippen LogP contribution in [-0.4, -0.2) is 30.6 Å². The maximum atomic E-state index is 12.9. The van der Waals surface area contributed by atoms with Crippen molar-refractivity contribution < 1.29 is 13.9 Å². The molecule has 1 unspecified atom stereocenters. The molecule has 1 N–H and O–H groups in total. The summed E-state index contributed by atoms with van der Waals surface area (Å²) in [7, 11) is 0. The Morgan fingerprint density at radius 1 is 1.06 bits per heavy atom. The van der Waals surface area contributed by atoms with Crippen molar-refractivity contribution in [2.45, 2.75) is 25.8 Å². The van der Waals surface area contributed by atoms with Gasteiger partial charge < -0.3 is 10.1 Å². The first-order valence-electron chi connectivity index (χ1n) is 10.8. The van der Waals surface area contributed by atoms with Gasteiger partial charge in [0, 0.05) is 24.7 Å². The molecule has 6 heteroatoms. The molecule has 4 rings (SSSR count). The van der Waals surface area contributed by atoms with Gasteiger partial charge in [-0.05, 0) is 61.2 Å². The fraction of sp³-hybridized carbons (Fsp3) is 0.269. The van der Waals surface area contributed by atoms with Gasteiger partial charge in [0.1, 0.15) is 0 Å². The molecule has 32 heavy (non-hydrogen) atoms. The lowest BCUT2D eigenvalue weighted by molar-refractivity contribution is 0.199. The van der Waals surface area contributed by atoms with Crippen LogP contribution in [0, 0.1) is 5.82 Å². The van der Waals surface area contributed by atoms with Crippen molar-refractivity contribution in [2.75, 3.05) is 19.6 Å². The van der Waals surface area contributed by atoms with E-state index >= 15 is 0 Å². The molecule has 0 bridgehead atoms. The fourth-order valence-corrected chi connectivity index (χ4v) is 3.76. The van der Waals surface area contributed by atoms with Crippen molar-refractivity contribution in [1.29, 1.82) is 0 Å². The molecule has 0 saturated carbocycles. The smallest absolute Gasteiger partial charge is 0.407 e. The van der Waals surface area contributed by atoms with Gasteiger partial charge in [-0.25, -0.2) is 9.18 Å². The normalized spacial score (nSPS) is 15.5. The van der Waals surface area contributed by atoms with Gasteiger partial charge >= 0.3 is 6.09 Å². The maximum absolute atomic E-state index is 12.9. The zero-order valence-electron chi connectivity index (χ0n) is 18.1. The van der Waals surface area contributed by atoms with Gasteiger partial charge in [-0.1, -0.05) is 66.2 Å². The van der Waals surface area contributed by atoms with Gasteiger partial charge in [0.15, 0.2) is 11.6 Å². The van der Waals surface area contributed by atoms with E-state index in [9.17, 15) is 9.18 Å². The number of hydrogen-bond donors (Lipinski definition) is 1. The number of amides is 1. The van der Waals surface area contributed by atoms with Gasteiger partial charge in [-0.15, -0.1) is 0 Å². The summed E-state index contributed by atoms with van der Waals surface area (Å²) in [6.07, 6.45) is 0.599. The van der Waals surface area contributed by atoms with Crippen molar-refractivity contribution in [3.05, 3.63) is 101 Å². The summed E-state index contributed by atoms with van der Waals surface area (Å²) in [4.78, 5) is 13.4. The summed E-state index contributed by atoms with van der Waals surface area (Å²) in [5.41, 5.74) is 2.82. The first-order valence-corrected chi connectivity index (χ1v) is 11.1. The van der Waals surface area contributed by atoms with Crippen LogP contribution in [0.25, 0.3) is 0 Å². The number of benzene rings is 3. The molecule has 0 aliphatic carbocycles. The molecule has 1 aliphatic heterocycles. The topological polar surface area (TPSA) is 41.6 Å². The van der Waals surface area contributed by atoms with Crippen LogP contribution in [0.2, 0.25) is 5.02 Å². The lowest BCUT2D eigenvalue weighted by atomic mass is 9.99. The molecule has 0 aromatic heterocycles. The third-order valence-corrected chi connectivity index (χ3v) is 5.48. The second-order valence-electron chi connectivity index (χ2n) is 7.61. The molecule has 1 heterocycles. The van der Waals surface area contributed by atoms with Gasteiger partial charge in [0.2, 0.25) is 0 Å². The number of carbonyl (C=O) groups excluding carboxylic acids is 1. The average Bonchev–Trinajstić information content (AvgIpc) is 3.26. The first-order chi connectivity index (χ1) is 15.5. The maximum Gasteiger partial charge on any atom is 0.412 e. The van der Waals surface area contributed by atoms with E-state index in [1.165, 1.54) is 42.3 Å². The zero-order valence-corrected chi connectivity index (χ0v) is 18.9. The van der Waals surface area contributed by atoms with Crippen LogP contribution in [0.1, 0.15) is 30.4 Å². The highest BCUT2D eigenvalue weighted by atomic mass is 35.5. The van der Waals surface area contributed by atoms with Crippen LogP contribution in [0.3, 0.4) is 0 Å². The van der Waals surface area contributed by atoms with E-state index in [1.54, 1.807) is 13.0 Å². The van der Waals surface area contributed by atoms with Crippen LogP contribution in [0.5, 0.6) is 5.75 Å². The molecular weight excluding hydrogens is 427 g/mol. The summed E-state index contributed by atoms with van der Waals surface area (Å²) in [5.74, 6) is 0.0446. The van der Waals surface area contributed by atoms with Crippen molar-refractivity contribution in [3.8, 4) is 5.75 Å². The lowest BCUT2D eigenvalue weighted by Gasteiger charge is -2.16. The van der Waals surface area contributed by atoms with E-state index in [-0.39, 0.29) is 5.75 Å². The summed E-state index contributed by atoms with van der Waals surface area (Å²) in [6.45, 7) is 5.60. The van der Waals surface area contributed by atoms with Gasteiger partial charge in [-0.3, -0.25) is 4.90 Å². The van der Waals surface area contributed by atoms with E-state index in [0.717, 1.165) is 18.1 Å². The molecule has 168 valence electrons. The average molecular weight is 455 g/mol. The number of rotatable bonds is 5. The Morgan fingerprint density at radius 3 is 2.44 bits per heavy atom. The number of ether oxygens (including phenoxy) is 1. The minimum Gasteiger partial charge on any atom is -0.407 e. The standard InChI is InChI=1S/C17H18ClN.C9H10FNO2/c18-17-8-6-15(7-9-17)16-10-11-19(13-16)12-14-4-2-1-3-5-14;1-2-11-9(12)13-8-6-4-3-5-7(8)10/h1-9,16H,10-13H2;3-6H,2H2,1H3,(H,11,12). The third kappa shape index (κ3) is 7.36. The van der Waals surface area contributed by atoms with Crippen LogP contribution < -0.4 is 10.1 Å². The van der Waals surface area contributed by atoms with Gasteiger partial charge in [0.25, 0.3) is 0 Å². The highest BCUT2D eigenvalue weighted by Gasteiger charge is 2.23. The molecule has 3 aromatic carbocycles. The van der Waals surface area contributed by atoms with Crippen molar-refractivity contribution in [1.82, 2.24) is 10.2 Å². The Hall–Kier alpha value is -2.89. The Kier molecular flexibility index (Phi) is 9.08. The number of hydrogen-bond acceptors (Lipinski definition) is 3. The zero-order chi connectivity index (χ0) is 22.8. The van der Waals surface area contributed by atoms with Gasteiger partial charge in [-0.2, -0.15) is 0 Å². The second kappa shape index (κ2) is 12.2. The molecule has 1 atom stereocenters. The molecular formula is C26H28ClFN2O2. The SMILES string of the molecule is CCNC(=O)Oc1ccccc1F.Clc1ccc(C2CCN(Cc3ccccc3)C2)cc1. The lowest BCUT2D eigenvalue weighted by Crippen LogP contribution is -2.26. The molecule has 0 radical (unpaired) electrons. The second-order valence-corrected chi connectivity index (χ2v) is 8.04. The number of para-hydroxylation sites is 1. The monoisotopic (exact) mass is 454 g/mol. The molecule has 1 fully saturated rings. The minimum atomic E-state index is -0.646. The van der Waals surface area contributed by atoms with Gasteiger partial charge in [0.05, 0.1) is 0 Å². The summed E-state index contributed by atoms with van der Waals surface area (Å²) in [5, 5.41) is 3.22. The fourth-order valence-electron chi connectivity index (χ4n) is 3.63. The van der Waals surface area contributed by atoms with E-state index in [4.69, 9.17) is 11.6 Å². The number of likely N-dealkylation sites (tertiary alicyclic amines) is 1. The van der Waals surface area contributed by atoms with E-state index < -0.39 is 11.9 Å². The number of nitrogens with one attached hydrogen (secondary N) is 1. The predicted octanol–water partition coefficient (Wildman–Crippen LogP) is 6.26. The van der Waals surface area contributed by atoms with Crippen molar-refractivity contribution in [2.24, 2.45) is 0 Å². The molecule has 3 aromatic rings.